The minimum Gasteiger partial charge on any atom is -0.311 e. The highest BCUT2D eigenvalue weighted by molar-refractivity contribution is 4.91. The zero-order valence-electron chi connectivity index (χ0n) is 9.02. The highest BCUT2D eigenvalue weighted by atomic mass is 15.2. The van der Waals surface area contributed by atoms with Crippen LogP contribution in [-0.4, -0.2) is 36.6 Å². The minimum atomic E-state index is 0.325. The maximum atomic E-state index is 3.60. The molecule has 1 aliphatic rings. The van der Waals surface area contributed by atoms with E-state index in [0.717, 1.165) is 12.5 Å². The Morgan fingerprint density at radius 2 is 2.00 bits per heavy atom. The van der Waals surface area contributed by atoms with Crippen LogP contribution in [0, 0.1) is 5.92 Å². The Morgan fingerprint density at radius 3 is 2.42 bits per heavy atom. The molecule has 1 heterocycles. The molecule has 0 radical (unpaired) electrons. The SMILES string of the molecule is CC(C)[C@H]1CN(C)C(C)(C)CN1. The van der Waals surface area contributed by atoms with E-state index in [4.69, 9.17) is 0 Å². The summed E-state index contributed by atoms with van der Waals surface area (Å²) in [5, 5.41) is 3.60. The summed E-state index contributed by atoms with van der Waals surface area (Å²) in [6, 6.07) is 0.669. The van der Waals surface area contributed by atoms with E-state index in [-0.39, 0.29) is 0 Å². The van der Waals surface area contributed by atoms with E-state index in [9.17, 15) is 0 Å². The van der Waals surface area contributed by atoms with Crippen molar-refractivity contribution in [3.05, 3.63) is 0 Å². The van der Waals surface area contributed by atoms with Crippen LogP contribution in [0.3, 0.4) is 0 Å². The largest absolute Gasteiger partial charge is 0.311 e. The quantitative estimate of drug-likeness (QED) is 0.638. The Kier molecular flexibility index (Phi) is 2.79. The summed E-state index contributed by atoms with van der Waals surface area (Å²) in [6.45, 7) is 11.4. The number of hydrogen-bond acceptors (Lipinski definition) is 2. The number of piperazine rings is 1. The van der Waals surface area contributed by atoms with Gasteiger partial charge in [-0.15, -0.1) is 0 Å². The molecule has 0 saturated carbocycles. The van der Waals surface area contributed by atoms with Crippen molar-refractivity contribution in [1.82, 2.24) is 10.2 Å². The van der Waals surface area contributed by atoms with Crippen LogP contribution in [0.15, 0.2) is 0 Å². The molecular weight excluding hydrogens is 148 g/mol. The molecule has 1 atom stereocenters. The summed E-state index contributed by atoms with van der Waals surface area (Å²) in [6.07, 6.45) is 0. The lowest BCUT2D eigenvalue weighted by molar-refractivity contribution is 0.0809. The molecule has 0 amide bonds. The molecule has 0 unspecified atom stereocenters. The molecule has 12 heavy (non-hydrogen) atoms. The maximum Gasteiger partial charge on any atom is 0.0275 e. The first-order valence-electron chi connectivity index (χ1n) is 4.88. The Hall–Kier alpha value is -0.0800. The van der Waals surface area contributed by atoms with Gasteiger partial charge in [0.25, 0.3) is 0 Å². The smallest absolute Gasteiger partial charge is 0.0275 e. The molecular formula is C10H22N2. The van der Waals surface area contributed by atoms with Gasteiger partial charge in [-0.05, 0) is 26.8 Å². The Morgan fingerprint density at radius 1 is 1.42 bits per heavy atom. The second kappa shape index (κ2) is 3.35. The van der Waals surface area contributed by atoms with Gasteiger partial charge in [0.2, 0.25) is 0 Å². The topological polar surface area (TPSA) is 15.3 Å². The molecule has 0 aromatic carbocycles. The fraction of sp³-hybridized carbons (Fsp3) is 1.00. The van der Waals surface area contributed by atoms with E-state index < -0.39 is 0 Å². The molecule has 0 aromatic rings. The number of nitrogens with zero attached hydrogens (tertiary/aromatic N) is 1. The van der Waals surface area contributed by atoms with Crippen molar-refractivity contribution >= 4 is 0 Å². The molecule has 0 aromatic heterocycles. The van der Waals surface area contributed by atoms with Crippen molar-refractivity contribution in [2.75, 3.05) is 20.1 Å². The van der Waals surface area contributed by atoms with Gasteiger partial charge in [0, 0.05) is 24.7 Å². The lowest BCUT2D eigenvalue weighted by Gasteiger charge is -2.45. The van der Waals surface area contributed by atoms with Gasteiger partial charge in [0.15, 0.2) is 0 Å². The van der Waals surface area contributed by atoms with E-state index in [1.54, 1.807) is 0 Å². The molecule has 1 N–H and O–H groups in total. The van der Waals surface area contributed by atoms with Crippen LogP contribution in [0.5, 0.6) is 0 Å². The lowest BCUT2D eigenvalue weighted by atomic mass is 9.94. The molecule has 1 aliphatic heterocycles. The minimum absolute atomic E-state index is 0.325. The molecule has 2 heteroatoms. The molecule has 0 bridgehead atoms. The first-order valence-corrected chi connectivity index (χ1v) is 4.88. The van der Waals surface area contributed by atoms with E-state index in [1.807, 2.05) is 0 Å². The van der Waals surface area contributed by atoms with E-state index in [0.29, 0.717) is 11.6 Å². The average Bonchev–Trinajstić information content (AvgIpc) is 1.94. The molecule has 2 nitrogen and oxygen atoms in total. The Balaban J connectivity index is 2.52. The third-order valence-electron chi connectivity index (χ3n) is 3.11. The number of likely N-dealkylation sites (N-methyl/N-ethyl adjacent to an activating group) is 1. The van der Waals surface area contributed by atoms with Crippen LogP contribution in [0.1, 0.15) is 27.7 Å². The summed E-state index contributed by atoms with van der Waals surface area (Å²) in [4.78, 5) is 2.45. The highest BCUT2D eigenvalue weighted by Crippen LogP contribution is 2.18. The van der Waals surface area contributed by atoms with Crippen LogP contribution >= 0.6 is 0 Å². The van der Waals surface area contributed by atoms with Crippen molar-refractivity contribution in [2.24, 2.45) is 5.92 Å². The molecule has 1 saturated heterocycles. The molecule has 72 valence electrons. The van der Waals surface area contributed by atoms with Crippen LogP contribution in [0.2, 0.25) is 0 Å². The van der Waals surface area contributed by atoms with Gasteiger partial charge in [0.1, 0.15) is 0 Å². The Bertz CT molecular complexity index is 152. The van der Waals surface area contributed by atoms with Crippen molar-refractivity contribution in [1.29, 1.82) is 0 Å². The van der Waals surface area contributed by atoms with E-state index in [2.05, 4.69) is 45.0 Å². The van der Waals surface area contributed by atoms with Crippen molar-refractivity contribution in [2.45, 2.75) is 39.3 Å². The zero-order chi connectivity index (χ0) is 9.35. The molecule has 1 rings (SSSR count). The fourth-order valence-electron chi connectivity index (χ4n) is 1.57. The normalized spacial score (nSPS) is 31.0. The molecule has 0 aliphatic carbocycles. The monoisotopic (exact) mass is 170 g/mol. The number of nitrogens with one attached hydrogen (secondary N) is 1. The second-order valence-corrected chi connectivity index (χ2v) is 4.92. The second-order valence-electron chi connectivity index (χ2n) is 4.92. The third kappa shape index (κ3) is 1.99. The highest BCUT2D eigenvalue weighted by Gasteiger charge is 2.31. The predicted octanol–water partition coefficient (Wildman–Crippen LogP) is 1.32. The first kappa shape index (κ1) is 10.0. The van der Waals surface area contributed by atoms with Crippen molar-refractivity contribution in [3.63, 3.8) is 0 Å². The summed E-state index contributed by atoms with van der Waals surface area (Å²) in [5.74, 6) is 0.739. The van der Waals surface area contributed by atoms with Gasteiger partial charge >= 0.3 is 0 Å². The van der Waals surface area contributed by atoms with Crippen LogP contribution in [-0.2, 0) is 0 Å². The van der Waals surface area contributed by atoms with E-state index >= 15 is 0 Å². The molecule has 0 spiro atoms. The van der Waals surface area contributed by atoms with Gasteiger partial charge in [0.05, 0.1) is 0 Å². The lowest BCUT2D eigenvalue weighted by Crippen LogP contribution is -2.61. The van der Waals surface area contributed by atoms with Gasteiger partial charge in [-0.2, -0.15) is 0 Å². The maximum absolute atomic E-state index is 3.60. The standard InChI is InChI=1S/C10H22N2/c1-8(2)9-6-12(5)10(3,4)7-11-9/h8-9,11H,6-7H2,1-5H3/t9-/m1/s1. The first-order chi connectivity index (χ1) is 5.43. The van der Waals surface area contributed by atoms with Gasteiger partial charge in [-0.25, -0.2) is 0 Å². The van der Waals surface area contributed by atoms with Crippen LogP contribution in [0.25, 0.3) is 0 Å². The fourth-order valence-corrected chi connectivity index (χ4v) is 1.57. The van der Waals surface area contributed by atoms with Crippen molar-refractivity contribution in [3.8, 4) is 0 Å². The van der Waals surface area contributed by atoms with E-state index in [1.165, 1.54) is 6.54 Å². The average molecular weight is 170 g/mol. The van der Waals surface area contributed by atoms with Gasteiger partial charge in [-0.1, -0.05) is 13.8 Å². The summed E-state index contributed by atoms with van der Waals surface area (Å²) >= 11 is 0. The van der Waals surface area contributed by atoms with Crippen molar-refractivity contribution < 1.29 is 0 Å². The summed E-state index contributed by atoms with van der Waals surface area (Å²) < 4.78 is 0. The number of rotatable bonds is 1. The van der Waals surface area contributed by atoms with Crippen LogP contribution in [0.4, 0.5) is 0 Å². The van der Waals surface area contributed by atoms with Gasteiger partial charge < -0.3 is 5.32 Å². The third-order valence-corrected chi connectivity index (χ3v) is 3.11. The predicted molar refractivity (Wildman–Crippen MR) is 53.3 cm³/mol. The summed E-state index contributed by atoms with van der Waals surface area (Å²) in [5.41, 5.74) is 0.325. The van der Waals surface area contributed by atoms with Gasteiger partial charge in [-0.3, -0.25) is 4.90 Å². The zero-order valence-corrected chi connectivity index (χ0v) is 9.02. The number of hydrogen-bond donors (Lipinski definition) is 1. The molecule has 1 fully saturated rings. The van der Waals surface area contributed by atoms with Crippen LogP contribution < -0.4 is 5.32 Å². The summed E-state index contributed by atoms with van der Waals surface area (Å²) in [7, 11) is 2.22. The Labute approximate surface area is 76.3 Å².